The van der Waals surface area contributed by atoms with E-state index in [9.17, 15) is 14.4 Å². The molecule has 0 aliphatic rings. The number of nitrogens with two attached hydrogens (primary N) is 1. The van der Waals surface area contributed by atoms with Crippen molar-refractivity contribution in [2.24, 2.45) is 11.7 Å². The number of carbonyl (C=O) groups is 3. The lowest BCUT2D eigenvalue weighted by Crippen LogP contribution is -2.55. The molecule has 0 aliphatic heterocycles. The molecule has 20 heavy (non-hydrogen) atoms. The van der Waals surface area contributed by atoms with Gasteiger partial charge in [-0.3, -0.25) is 9.59 Å². The van der Waals surface area contributed by atoms with E-state index in [1.165, 1.54) is 0 Å². The highest BCUT2D eigenvalue weighted by atomic mass is 16.2. The first kappa shape index (κ1) is 18.6. The molecule has 0 heterocycles. The fourth-order valence-corrected chi connectivity index (χ4v) is 1.81. The van der Waals surface area contributed by atoms with E-state index in [0.717, 1.165) is 0 Å². The van der Waals surface area contributed by atoms with Crippen molar-refractivity contribution in [1.82, 2.24) is 10.6 Å². The third-order valence-corrected chi connectivity index (χ3v) is 2.99. The predicted octanol–water partition coefficient (Wildman–Crippen LogP) is 0.350. The summed E-state index contributed by atoms with van der Waals surface area (Å²) in [5, 5.41) is 5.57. The zero-order chi connectivity index (χ0) is 15.8. The van der Waals surface area contributed by atoms with Crippen molar-refractivity contribution < 1.29 is 14.4 Å². The predicted molar refractivity (Wildman–Crippen MR) is 78.0 cm³/mol. The second-order valence-electron chi connectivity index (χ2n) is 5.91. The zero-order valence-corrected chi connectivity index (χ0v) is 12.9. The molecule has 0 fully saturated rings. The number of rotatable bonds is 9. The number of carbonyl (C=O) groups excluding carboxylic acids is 3. The quantitative estimate of drug-likeness (QED) is 0.532. The fraction of sp³-hybridized carbons (Fsp3) is 0.786. The van der Waals surface area contributed by atoms with Crippen LogP contribution in [0.1, 0.15) is 47.0 Å². The molecule has 0 aliphatic carbocycles. The number of hydrogen-bond acceptors (Lipinski definition) is 4. The van der Waals surface area contributed by atoms with E-state index in [0.29, 0.717) is 19.3 Å². The lowest BCUT2D eigenvalue weighted by atomic mass is 9.97. The van der Waals surface area contributed by atoms with E-state index < -0.39 is 11.6 Å². The minimum absolute atomic E-state index is 0.0381. The van der Waals surface area contributed by atoms with Crippen LogP contribution in [0.4, 0.5) is 0 Å². The molecular weight excluding hydrogens is 258 g/mol. The van der Waals surface area contributed by atoms with Gasteiger partial charge in [-0.15, -0.1) is 0 Å². The van der Waals surface area contributed by atoms with Crippen LogP contribution in [0.3, 0.4) is 0 Å². The van der Waals surface area contributed by atoms with Crippen LogP contribution in [0.15, 0.2) is 0 Å². The Bertz CT molecular complexity index is 341. The number of nitrogens with one attached hydrogen (secondary N) is 2. The van der Waals surface area contributed by atoms with Gasteiger partial charge in [-0.2, -0.15) is 0 Å². The molecule has 0 bridgehead atoms. The van der Waals surface area contributed by atoms with Gasteiger partial charge in [0.05, 0.1) is 0 Å². The molecule has 116 valence electrons. The molecule has 0 spiro atoms. The van der Waals surface area contributed by atoms with E-state index in [1.807, 2.05) is 27.7 Å². The summed E-state index contributed by atoms with van der Waals surface area (Å²) in [7, 11) is 0. The lowest BCUT2D eigenvalue weighted by Gasteiger charge is -2.30. The molecule has 0 aromatic rings. The molecule has 4 N–H and O–H groups in total. The average Bonchev–Trinajstić information content (AvgIpc) is 2.31. The normalized spacial score (nSPS) is 12.9. The van der Waals surface area contributed by atoms with Gasteiger partial charge in [0.1, 0.15) is 12.3 Å². The molecule has 0 saturated heterocycles. The van der Waals surface area contributed by atoms with Crippen molar-refractivity contribution >= 4 is 18.1 Å². The first-order chi connectivity index (χ1) is 9.23. The summed E-state index contributed by atoms with van der Waals surface area (Å²) in [6.07, 6.45) is 1.61. The molecule has 0 rings (SSSR count). The molecule has 0 radical (unpaired) electrons. The maximum Gasteiger partial charge on any atom is 0.243 e. The largest absolute Gasteiger partial charge is 0.349 e. The highest BCUT2D eigenvalue weighted by Crippen LogP contribution is 2.10. The standard InChI is InChI=1S/C14H27N3O3/c1-10(2)12(16-11(19)6-5-9-18)13(20)17-14(3,4)7-8-15/h9-10,12H,5-8,15H2,1-4H3,(H,16,19)(H,17,20). The first-order valence-corrected chi connectivity index (χ1v) is 6.98. The summed E-state index contributed by atoms with van der Waals surface area (Å²) >= 11 is 0. The third-order valence-electron chi connectivity index (χ3n) is 2.99. The van der Waals surface area contributed by atoms with Crippen LogP contribution in [0.25, 0.3) is 0 Å². The summed E-state index contributed by atoms with van der Waals surface area (Å²) in [5.41, 5.74) is 5.10. The van der Waals surface area contributed by atoms with Crippen LogP contribution < -0.4 is 16.4 Å². The van der Waals surface area contributed by atoms with Crippen LogP contribution in [0.2, 0.25) is 0 Å². The first-order valence-electron chi connectivity index (χ1n) is 6.98. The highest BCUT2D eigenvalue weighted by molar-refractivity contribution is 5.88. The summed E-state index contributed by atoms with van der Waals surface area (Å²) in [6.45, 7) is 7.98. The van der Waals surface area contributed by atoms with Gasteiger partial charge in [0.2, 0.25) is 11.8 Å². The monoisotopic (exact) mass is 285 g/mol. The number of amides is 2. The Kier molecular flexibility index (Phi) is 8.06. The third kappa shape index (κ3) is 7.23. The van der Waals surface area contributed by atoms with E-state index >= 15 is 0 Å². The lowest BCUT2D eigenvalue weighted by molar-refractivity contribution is -0.131. The van der Waals surface area contributed by atoms with Gasteiger partial charge in [0.15, 0.2) is 0 Å². The Hall–Kier alpha value is -1.43. The van der Waals surface area contributed by atoms with Gasteiger partial charge in [0.25, 0.3) is 0 Å². The second kappa shape index (κ2) is 8.68. The Labute approximate surface area is 120 Å². The van der Waals surface area contributed by atoms with Crippen molar-refractivity contribution in [2.45, 2.75) is 58.5 Å². The van der Waals surface area contributed by atoms with Crippen LogP contribution in [-0.2, 0) is 14.4 Å². The van der Waals surface area contributed by atoms with Crippen molar-refractivity contribution in [3.05, 3.63) is 0 Å². The molecule has 0 aromatic heterocycles. The summed E-state index contributed by atoms with van der Waals surface area (Å²) in [6, 6.07) is -0.605. The Morgan fingerprint density at radius 2 is 1.90 bits per heavy atom. The summed E-state index contributed by atoms with van der Waals surface area (Å²) < 4.78 is 0. The highest BCUT2D eigenvalue weighted by Gasteiger charge is 2.28. The average molecular weight is 285 g/mol. The molecule has 0 aromatic carbocycles. The van der Waals surface area contributed by atoms with Gasteiger partial charge in [0, 0.05) is 18.4 Å². The molecule has 6 nitrogen and oxygen atoms in total. The van der Waals surface area contributed by atoms with Crippen LogP contribution in [0, 0.1) is 5.92 Å². The SMILES string of the molecule is CC(C)C(NC(=O)CCC=O)C(=O)NC(C)(C)CCN. The Morgan fingerprint density at radius 3 is 2.35 bits per heavy atom. The van der Waals surface area contributed by atoms with Gasteiger partial charge < -0.3 is 21.2 Å². The summed E-state index contributed by atoms with van der Waals surface area (Å²) in [4.78, 5) is 34.1. The number of aldehydes is 1. The molecule has 1 unspecified atom stereocenters. The smallest absolute Gasteiger partial charge is 0.243 e. The van der Waals surface area contributed by atoms with Gasteiger partial charge in [-0.25, -0.2) is 0 Å². The topological polar surface area (TPSA) is 101 Å². The maximum atomic E-state index is 12.2. The minimum atomic E-state index is -0.605. The van der Waals surface area contributed by atoms with E-state index in [-0.39, 0.29) is 30.6 Å². The minimum Gasteiger partial charge on any atom is -0.349 e. The van der Waals surface area contributed by atoms with E-state index in [4.69, 9.17) is 5.73 Å². The Morgan fingerprint density at radius 1 is 1.30 bits per heavy atom. The molecule has 6 heteroatoms. The molecule has 1 atom stereocenters. The molecule has 2 amide bonds. The second-order valence-corrected chi connectivity index (χ2v) is 5.91. The van der Waals surface area contributed by atoms with E-state index in [2.05, 4.69) is 10.6 Å². The van der Waals surface area contributed by atoms with E-state index in [1.54, 1.807) is 0 Å². The van der Waals surface area contributed by atoms with Crippen molar-refractivity contribution in [3.8, 4) is 0 Å². The van der Waals surface area contributed by atoms with Crippen LogP contribution in [-0.4, -0.2) is 36.2 Å². The summed E-state index contributed by atoms with van der Waals surface area (Å²) in [5.74, 6) is -0.552. The fourth-order valence-electron chi connectivity index (χ4n) is 1.81. The molecule has 0 saturated carbocycles. The zero-order valence-electron chi connectivity index (χ0n) is 12.9. The van der Waals surface area contributed by atoms with Crippen molar-refractivity contribution in [3.63, 3.8) is 0 Å². The van der Waals surface area contributed by atoms with Crippen molar-refractivity contribution in [2.75, 3.05) is 6.54 Å². The van der Waals surface area contributed by atoms with Crippen molar-refractivity contribution in [1.29, 1.82) is 0 Å². The van der Waals surface area contributed by atoms with Crippen LogP contribution >= 0.6 is 0 Å². The van der Waals surface area contributed by atoms with Gasteiger partial charge in [-0.1, -0.05) is 13.8 Å². The maximum absolute atomic E-state index is 12.2. The Balaban J connectivity index is 4.62. The van der Waals surface area contributed by atoms with Crippen LogP contribution in [0.5, 0.6) is 0 Å². The van der Waals surface area contributed by atoms with Gasteiger partial charge >= 0.3 is 0 Å². The van der Waals surface area contributed by atoms with Gasteiger partial charge in [-0.05, 0) is 32.7 Å². The number of hydrogen-bond donors (Lipinski definition) is 3. The molecular formula is C14H27N3O3.